The highest BCUT2D eigenvalue weighted by atomic mass is 16.1. The minimum atomic E-state index is -0.0962. The third kappa shape index (κ3) is 2.12. The predicted molar refractivity (Wildman–Crippen MR) is 94.5 cm³/mol. The summed E-state index contributed by atoms with van der Waals surface area (Å²) in [5, 5.41) is 2.13. The Labute approximate surface area is 132 Å². The molecule has 0 spiro atoms. The molecule has 0 radical (unpaired) electrons. The van der Waals surface area contributed by atoms with Crippen molar-refractivity contribution in [3.63, 3.8) is 0 Å². The number of hydrogen-bond acceptors (Lipinski definition) is 3. The van der Waals surface area contributed by atoms with E-state index in [1.165, 1.54) is 0 Å². The van der Waals surface area contributed by atoms with Gasteiger partial charge in [-0.15, -0.1) is 0 Å². The number of anilines is 2. The van der Waals surface area contributed by atoms with Gasteiger partial charge in [0.2, 0.25) is 0 Å². The second-order valence-electron chi connectivity index (χ2n) is 5.62. The summed E-state index contributed by atoms with van der Waals surface area (Å²) in [5.74, 6) is -0.0962. The minimum Gasteiger partial charge on any atom is -0.399 e. The first-order valence-corrected chi connectivity index (χ1v) is 7.33. The molecule has 1 aromatic heterocycles. The molecule has 112 valence electrons. The lowest BCUT2D eigenvalue weighted by Crippen LogP contribution is -2.04. The van der Waals surface area contributed by atoms with Gasteiger partial charge in [-0.05, 0) is 30.3 Å². The van der Waals surface area contributed by atoms with Gasteiger partial charge in [0.25, 0.3) is 0 Å². The van der Waals surface area contributed by atoms with Gasteiger partial charge in [-0.3, -0.25) is 4.79 Å². The fourth-order valence-corrected chi connectivity index (χ4v) is 3.03. The molecule has 4 heteroatoms. The van der Waals surface area contributed by atoms with Gasteiger partial charge >= 0.3 is 0 Å². The molecule has 0 amide bonds. The first-order chi connectivity index (χ1) is 11.1. The first-order valence-electron chi connectivity index (χ1n) is 7.33. The van der Waals surface area contributed by atoms with E-state index in [-0.39, 0.29) is 5.78 Å². The Morgan fingerprint density at radius 2 is 1.52 bits per heavy atom. The quantitative estimate of drug-likeness (QED) is 0.389. The predicted octanol–water partition coefficient (Wildman–Crippen LogP) is 3.72. The van der Waals surface area contributed by atoms with Crippen LogP contribution in [0.1, 0.15) is 15.9 Å². The van der Waals surface area contributed by atoms with Gasteiger partial charge in [-0.2, -0.15) is 0 Å². The third-order valence-electron chi connectivity index (χ3n) is 4.03. The topological polar surface area (TPSA) is 84.9 Å². The Bertz CT molecular complexity index is 1040. The van der Waals surface area contributed by atoms with Crippen LogP contribution in [-0.2, 0) is 0 Å². The molecule has 4 aromatic rings. The molecule has 0 aliphatic carbocycles. The zero-order valence-electron chi connectivity index (χ0n) is 12.3. The molecule has 4 nitrogen and oxygen atoms in total. The van der Waals surface area contributed by atoms with Crippen molar-refractivity contribution in [2.24, 2.45) is 0 Å². The molecule has 4 rings (SSSR count). The van der Waals surface area contributed by atoms with Crippen LogP contribution in [0.15, 0.2) is 60.7 Å². The largest absolute Gasteiger partial charge is 0.399 e. The summed E-state index contributed by atoms with van der Waals surface area (Å²) in [6, 6.07) is 18.7. The maximum atomic E-state index is 12.9. The van der Waals surface area contributed by atoms with E-state index in [4.69, 9.17) is 11.5 Å². The lowest BCUT2D eigenvalue weighted by molar-refractivity contribution is 0.104. The number of benzene rings is 3. The Hall–Kier alpha value is -3.27. The number of carbonyl (C=O) groups excluding carboxylic acids is 1. The molecule has 0 aliphatic rings. The summed E-state index contributed by atoms with van der Waals surface area (Å²) < 4.78 is 0. The number of nitrogens with two attached hydrogens (primary N) is 2. The maximum absolute atomic E-state index is 12.9. The number of nitrogen functional groups attached to an aromatic ring is 2. The molecule has 0 fully saturated rings. The van der Waals surface area contributed by atoms with Crippen molar-refractivity contribution < 1.29 is 4.79 Å². The molecule has 0 saturated carbocycles. The van der Waals surface area contributed by atoms with Crippen LogP contribution >= 0.6 is 0 Å². The Balaban J connectivity index is 1.96. The number of H-pyrrole nitrogens is 1. The molecule has 3 aromatic carbocycles. The summed E-state index contributed by atoms with van der Waals surface area (Å²) in [6.45, 7) is 0. The van der Waals surface area contributed by atoms with Crippen molar-refractivity contribution in [1.29, 1.82) is 0 Å². The molecular formula is C19H15N3O. The van der Waals surface area contributed by atoms with E-state index in [2.05, 4.69) is 4.98 Å². The van der Waals surface area contributed by atoms with Crippen LogP contribution in [0.5, 0.6) is 0 Å². The van der Waals surface area contributed by atoms with Crippen LogP contribution in [0.3, 0.4) is 0 Å². The fraction of sp³-hybridized carbons (Fsp3) is 0. The highest BCUT2D eigenvalue weighted by Crippen LogP contribution is 2.29. The van der Waals surface area contributed by atoms with E-state index in [9.17, 15) is 4.79 Å². The van der Waals surface area contributed by atoms with E-state index in [1.54, 1.807) is 18.2 Å². The Morgan fingerprint density at radius 3 is 2.30 bits per heavy atom. The average Bonchev–Trinajstić information content (AvgIpc) is 2.92. The molecule has 0 aliphatic heterocycles. The summed E-state index contributed by atoms with van der Waals surface area (Å²) >= 11 is 0. The molecule has 0 bridgehead atoms. The van der Waals surface area contributed by atoms with Gasteiger partial charge in [-0.1, -0.05) is 30.3 Å². The van der Waals surface area contributed by atoms with Crippen molar-refractivity contribution in [2.75, 3.05) is 11.5 Å². The van der Waals surface area contributed by atoms with E-state index >= 15 is 0 Å². The van der Waals surface area contributed by atoms with Crippen molar-refractivity contribution in [2.45, 2.75) is 0 Å². The standard InChI is InChI=1S/C19H15N3O/c20-12-8-11(9-13(21)10-12)19(23)16-6-3-5-15-14-4-1-2-7-17(14)22-18(15)16/h1-10,22H,20-21H2. The van der Waals surface area contributed by atoms with Crippen molar-refractivity contribution in [3.8, 4) is 0 Å². The molecule has 23 heavy (non-hydrogen) atoms. The van der Waals surface area contributed by atoms with Crippen LogP contribution in [0.2, 0.25) is 0 Å². The highest BCUT2D eigenvalue weighted by molar-refractivity contribution is 6.20. The minimum absolute atomic E-state index is 0.0962. The van der Waals surface area contributed by atoms with E-state index < -0.39 is 0 Å². The number of rotatable bonds is 2. The fourth-order valence-electron chi connectivity index (χ4n) is 3.03. The van der Waals surface area contributed by atoms with Crippen molar-refractivity contribution >= 4 is 39.0 Å². The van der Waals surface area contributed by atoms with Gasteiger partial charge < -0.3 is 16.5 Å². The van der Waals surface area contributed by atoms with Crippen LogP contribution in [0.4, 0.5) is 11.4 Å². The molecular weight excluding hydrogens is 286 g/mol. The monoisotopic (exact) mass is 301 g/mol. The normalized spacial score (nSPS) is 11.1. The number of carbonyl (C=O) groups is 1. The Kier molecular flexibility index (Phi) is 2.84. The van der Waals surface area contributed by atoms with Crippen LogP contribution in [0.25, 0.3) is 21.8 Å². The first kappa shape index (κ1) is 13.4. The Morgan fingerprint density at radius 1 is 0.826 bits per heavy atom. The van der Waals surface area contributed by atoms with Crippen molar-refractivity contribution in [3.05, 3.63) is 71.8 Å². The summed E-state index contributed by atoms with van der Waals surface area (Å²) in [4.78, 5) is 16.3. The second kappa shape index (κ2) is 4.88. The summed E-state index contributed by atoms with van der Waals surface area (Å²) in [7, 11) is 0. The number of aromatic nitrogens is 1. The molecule has 5 N–H and O–H groups in total. The van der Waals surface area contributed by atoms with Gasteiger partial charge in [0.05, 0.1) is 5.52 Å². The number of hydrogen-bond donors (Lipinski definition) is 3. The van der Waals surface area contributed by atoms with E-state index in [0.717, 1.165) is 21.8 Å². The zero-order chi connectivity index (χ0) is 16.0. The molecule has 1 heterocycles. The van der Waals surface area contributed by atoms with Gasteiger partial charge in [0.1, 0.15) is 0 Å². The molecule has 0 saturated heterocycles. The number of para-hydroxylation sites is 2. The zero-order valence-corrected chi connectivity index (χ0v) is 12.3. The van der Waals surface area contributed by atoms with Gasteiger partial charge in [0.15, 0.2) is 5.78 Å². The van der Waals surface area contributed by atoms with E-state index in [1.807, 2.05) is 42.5 Å². The summed E-state index contributed by atoms with van der Waals surface area (Å²) in [6.07, 6.45) is 0. The number of aromatic amines is 1. The number of fused-ring (bicyclic) bond motifs is 3. The van der Waals surface area contributed by atoms with Crippen molar-refractivity contribution in [1.82, 2.24) is 4.98 Å². The van der Waals surface area contributed by atoms with Crippen LogP contribution < -0.4 is 11.5 Å². The number of nitrogens with one attached hydrogen (secondary N) is 1. The molecule has 0 atom stereocenters. The lowest BCUT2D eigenvalue weighted by atomic mass is 9.99. The van der Waals surface area contributed by atoms with Gasteiger partial charge in [0, 0.05) is 38.8 Å². The maximum Gasteiger partial charge on any atom is 0.195 e. The van der Waals surface area contributed by atoms with Crippen LogP contribution in [0, 0.1) is 0 Å². The SMILES string of the molecule is Nc1cc(N)cc(C(=O)c2cccc3c2[nH]c2ccccc23)c1. The molecule has 0 unspecified atom stereocenters. The van der Waals surface area contributed by atoms with Gasteiger partial charge in [-0.25, -0.2) is 0 Å². The third-order valence-corrected chi connectivity index (χ3v) is 4.03. The lowest BCUT2D eigenvalue weighted by Gasteiger charge is -2.05. The average molecular weight is 301 g/mol. The summed E-state index contributed by atoms with van der Waals surface area (Å²) in [5.41, 5.74) is 15.5. The van der Waals surface area contributed by atoms with E-state index in [0.29, 0.717) is 22.5 Å². The smallest absolute Gasteiger partial charge is 0.195 e. The van der Waals surface area contributed by atoms with Crippen LogP contribution in [-0.4, -0.2) is 10.8 Å². The highest BCUT2D eigenvalue weighted by Gasteiger charge is 2.16. The number of ketones is 1. The second-order valence-corrected chi connectivity index (χ2v) is 5.62.